The topological polar surface area (TPSA) is 49.8 Å². The van der Waals surface area contributed by atoms with Gasteiger partial charge in [-0.05, 0) is 40.0 Å². The molecule has 0 aromatic heterocycles. The van der Waals surface area contributed by atoms with Crippen molar-refractivity contribution in [2.75, 3.05) is 6.54 Å². The average molecular weight is 257 g/mol. The SMILES string of the molecule is CC(C)(C)OC(=O)N1CCCCCCCCC1O. The van der Waals surface area contributed by atoms with E-state index in [9.17, 15) is 9.90 Å². The Kier molecular flexibility index (Phi) is 5.93. The van der Waals surface area contributed by atoms with Gasteiger partial charge in [0, 0.05) is 6.54 Å². The maximum absolute atomic E-state index is 12.0. The molecule has 1 fully saturated rings. The maximum Gasteiger partial charge on any atom is 0.412 e. The van der Waals surface area contributed by atoms with Gasteiger partial charge in [-0.1, -0.05) is 25.7 Å². The predicted octanol–water partition coefficient (Wildman–Crippen LogP) is 3.29. The standard InChI is InChI=1S/C14H27NO3/c1-14(2,3)18-13(17)15-11-9-7-5-4-6-8-10-12(15)16/h12,16H,4-11H2,1-3H3. The summed E-state index contributed by atoms with van der Waals surface area (Å²) >= 11 is 0. The summed E-state index contributed by atoms with van der Waals surface area (Å²) in [5, 5.41) is 10.1. The summed E-state index contributed by atoms with van der Waals surface area (Å²) in [5.74, 6) is 0. The van der Waals surface area contributed by atoms with Crippen molar-refractivity contribution in [1.82, 2.24) is 4.90 Å². The van der Waals surface area contributed by atoms with Crippen molar-refractivity contribution in [2.24, 2.45) is 0 Å². The van der Waals surface area contributed by atoms with Gasteiger partial charge in [0.2, 0.25) is 0 Å². The molecular formula is C14H27NO3. The molecule has 0 saturated carbocycles. The molecule has 0 aliphatic carbocycles. The Balaban J connectivity index is 2.58. The molecular weight excluding hydrogens is 230 g/mol. The first-order valence-corrected chi connectivity index (χ1v) is 7.08. The van der Waals surface area contributed by atoms with Crippen LogP contribution in [0.2, 0.25) is 0 Å². The van der Waals surface area contributed by atoms with E-state index in [1.165, 1.54) is 17.7 Å². The Morgan fingerprint density at radius 1 is 1.11 bits per heavy atom. The molecule has 1 N–H and O–H groups in total. The van der Waals surface area contributed by atoms with Crippen LogP contribution in [0.4, 0.5) is 4.79 Å². The van der Waals surface area contributed by atoms with Crippen LogP contribution < -0.4 is 0 Å². The summed E-state index contributed by atoms with van der Waals surface area (Å²) in [6, 6.07) is 0. The fourth-order valence-corrected chi connectivity index (χ4v) is 2.15. The van der Waals surface area contributed by atoms with Crippen LogP contribution in [0.25, 0.3) is 0 Å². The number of ether oxygens (including phenoxy) is 1. The molecule has 4 nitrogen and oxygen atoms in total. The minimum absolute atomic E-state index is 0.393. The van der Waals surface area contributed by atoms with E-state index >= 15 is 0 Å². The lowest BCUT2D eigenvalue weighted by molar-refractivity contribution is -0.0350. The first kappa shape index (κ1) is 15.3. The molecule has 1 rings (SSSR count). The molecule has 1 aliphatic rings. The number of amides is 1. The van der Waals surface area contributed by atoms with Crippen molar-refractivity contribution >= 4 is 6.09 Å². The number of hydrogen-bond acceptors (Lipinski definition) is 3. The molecule has 1 heterocycles. The van der Waals surface area contributed by atoms with Crippen LogP contribution in [0, 0.1) is 0 Å². The maximum atomic E-state index is 12.0. The first-order chi connectivity index (χ1) is 8.40. The van der Waals surface area contributed by atoms with E-state index in [0.29, 0.717) is 13.0 Å². The minimum Gasteiger partial charge on any atom is -0.444 e. The molecule has 1 amide bonds. The molecule has 1 unspecified atom stereocenters. The summed E-state index contributed by atoms with van der Waals surface area (Å²) in [6.07, 6.45) is 6.19. The van der Waals surface area contributed by atoms with Crippen molar-refractivity contribution in [3.05, 3.63) is 0 Å². The van der Waals surface area contributed by atoms with Crippen molar-refractivity contribution in [3.8, 4) is 0 Å². The van der Waals surface area contributed by atoms with E-state index in [2.05, 4.69) is 0 Å². The van der Waals surface area contributed by atoms with Crippen LogP contribution >= 0.6 is 0 Å². The van der Waals surface area contributed by atoms with E-state index in [-0.39, 0.29) is 0 Å². The molecule has 1 saturated heterocycles. The van der Waals surface area contributed by atoms with Crippen molar-refractivity contribution in [2.45, 2.75) is 77.5 Å². The van der Waals surface area contributed by atoms with Crippen molar-refractivity contribution in [3.63, 3.8) is 0 Å². The number of carbonyl (C=O) groups excluding carboxylic acids is 1. The first-order valence-electron chi connectivity index (χ1n) is 7.08. The summed E-state index contributed by atoms with van der Waals surface area (Å²) in [7, 11) is 0. The second-order valence-corrected chi connectivity index (χ2v) is 6.06. The highest BCUT2D eigenvalue weighted by Crippen LogP contribution is 2.18. The fourth-order valence-electron chi connectivity index (χ4n) is 2.15. The Morgan fingerprint density at radius 2 is 1.67 bits per heavy atom. The van der Waals surface area contributed by atoms with Gasteiger partial charge in [0.25, 0.3) is 0 Å². The smallest absolute Gasteiger partial charge is 0.412 e. The molecule has 1 atom stereocenters. The number of carbonyl (C=O) groups is 1. The molecule has 0 aromatic rings. The summed E-state index contributed by atoms with van der Waals surface area (Å²) in [4.78, 5) is 13.5. The van der Waals surface area contributed by atoms with Gasteiger partial charge in [-0.2, -0.15) is 0 Å². The molecule has 106 valence electrons. The van der Waals surface area contributed by atoms with Gasteiger partial charge in [-0.3, -0.25) is 4.90 Å². The zero-order valence-electron chi connectivity index (χ0n) is 11.9. The summed E-state index contributed by atoms with van der Waals surface area (Å²) < 4.78 is 5.34. The molecule has 0 bridgehead atoms. The van der Waals surface area contributed by atoms with Crippen LogP contribution in [0.1, 0.15) is 65.7 Å². The predicted molar refractivity (Wildman–Crippen MR) is 71.3 cm³/mol. The summed E-state index contributed by atoms with van der Waals surface area (Å²) in [5.41, 5.74) is -0.508. The third-order valence-electron chi connectivity index (χ3n) is 3.10. The second-order valence-electron chi connectivity index (χ2n) is 6.06. The molecule has 0 radical (unpaired) electrons. The minimum atomic E-state index is -0.696. The highest BCUT2D eigenvalue weighted by atomic mass is 16.6. The van der Waals surface area contributed by atoms with Crippen LogP contribution in [0.5, 0.6) is 0 Å². The van der Waals surface area contributed by atoms with E-state index in [0.717, 1.165) is 25.7 Å². The third-order valence-corrected chi connectivity index (χ3v) is 3.10. The molecule has 0 spiro atoms. The summed E-state index contributed by atoms with van der Waals surface area (Å²) in [6.45, 7) is 6.13. The molecule has 18 heavy (non-hydrogen) atoms. The lowest BCUT2D eigenvalue weighted by atomic mass is 10.1. The van der Waals surface area contributed by atoms with Crippen molar-refractivity contribution in [1.29, 1.82) is 0 Å². The van der Waals surface area contributed by atoms with Crippen LogP contribution in [0.3, 0.4) is 0 Å². The Labute approximate surface area is 110 Å². The van der Waals surface area contributed by atoms with E-state index < -0.39 is 17.9 Å². The Bertz CT molecular complexity index is 260. The lowest BCUT2D eigenvalue weighted by Crippen LogP contribution is -2.44. The van der Waals surface area contributed by atoms with E-state index in [1.54, 1.807) is 0 Å². The lowest BCUT2D eigenvalue weighted by Gasteiger charge is -2.31. The quantitative estimate of drug-likeness (QED) is 0.724. The number of hydrogen-bond donors (Lipinski definition) is 1. The van der Waals surface area contributed by atoms with Gasteiger partial charge >= 0.3 is 6.09 Å². The normalized spacial score (nSPS) is 23.6. The molecule has 4 heteroatoms. The van der Waals surface area contributed by atoms with E-state index in [4.69, 9.17) is 4.74 Å². The monoisotopic (exact) mass is 257 g/mol. The van der Waals surface area contributed by atoms with Gasteiger partial charge in [0.15, 0.2) is 0 Å². The zero-order chi connectivity index (χ0) is 13.6. The fraction of sp³-hybridized carbons (Fsp3) is 0.929. The van der Waals surface area contributed by atoms with Crippen LogP contribution in [-0.2, 0) is 4.74 Å². The van der Waals surface area contributed by atoms with Crippen molar-refractivity contribution < 1.29 is 14.6 Å². The number of aliphatic hydroxyl groups excluding tert-OH is 1. The highest BCUT2D eigenvalue weighted by molar-refractivity contribution is 5.68. The Morgan fingerprint density at radius 3 is 2.28 bits per heavy atom. The number of rotatable bonds is 0. The average Bonchev–Trinajstić information content (AvgIpc) is 2.24. The van der Waals surface area contributed by atoms with Gasteiger partial charge < -0.3 is 9.84 Å². The van der Waals surface area contributed by atoms with Gasteiger partial charge in [-0.15, -0.1) is 0 Å². The Hall–Kier alpha value is -0.770. The number of aliphatic hydroxyl groups is 1. The second kappa shape index (κ2) is 6.98. The third kappa shape index (κ3) is 5.71. The van der Waals surface area contributed by atoms with Gasteiger partial charge in [0.05, 0.1) is 0 Å². The molecule has 0 aromatic carbocycles. The van der Waals surface area contributed by atoms with E-state index in [1.807, 2.05) is 20.8 Å². The van der Waals surface area contributed by atoms with Gasteiger partial charge in [-0.25, -0.2) is 4.79 Å². The number of nitrogens with zero attached hydrogens (tertiary/aromatic N) is 1. The van der Waals surface area contributed by atoms with Crippen LogP contribution in [-0.4, -0.2) is 34.5 Å². The zero-order valence-corrected chi connectivity index (χ0v) is 11.9. The highest BCUT2D eigenvalue weighted by Gasteiger charge is 2.26. The largest absolute Gasteiger partial charge is 0.444 e. The molecule has 1 aliphatic heterocycles. The van der Waals surface area contributed by atoms with Crippen LogP contribution in [0.15, 0.2) is 0 Å². The van der Waals surface area contributed by atoms with Gasteiger partial charge in [0.1, 0.15) is 11.8 Å².